The molecule has 2 N–H and O–H groups in total. The average Bonchev–Trinajstić information content (AvgIpc) is 1.52. The van der Waals surface area contributed by atoms with Crippen LogP contribution in [0.25, 0.3) is 0 Å². The van der Waals surface area contributed by atoms with E-state index in [-0.39, 0.29) is 5.78 Å². The van der Waals surface area contributed by atoms with Crippen molar-refractivity contribution < 1.29 is 14.3 Å². The average molecular weight is 175 g/mol. The molecule has 0 aliphatic rings. The number of rotatable bonds is 0. The molecule has 0 saturated carbocycles. The molecular formula is C8H17NO3. The maximum absolute atomic E-state index is 10.0. The van der Waals surface area contributed by atoms with Crippen LogP contribution in [0.5, 0.6) is 0 Å². The lowest BCUT2D eigenvalue weighted by Crippen LogP contribution is -2.27. The Kier molecular flexibility index (Phi) is 6.28. The third kappa shape index (κ3) is 36.3. The Hall–Kier alpha value is -1.06. The summed E-state index contributed by atoms with van der Waals surface area (Å²) in [5.41, 5.74) is 4.26. The van der Waals surface area contributed by atoms with Crippen LogP contribution in [0.4, 0.5) is 4.79 Å². The second kappa shape index (κ2) is 5.57. The van der Waals surface area contributed by atoms with Crippen molar-refractivity contribution in [1.29, 1.82) is 0 Å². The summed E-state index contributed by atoms with van der Waals surface area (Å²) in [7, 11) is 0. The van der Waals surface area contributed by atoms with Crippen LogP contribution in [0.15, 0.2) is 0 Å². The van der Waals surface area contributed by atoms with Crippen molar-refractivity contribution in [3.8, 4) is 0 Å². The van der Waals surface area contributed by atoms with Crippen molar-refractivity contribution >= 4 is 11.9 Å². The van der Waals surface area contributed by atoms with Crippen molar-refractivity contribution in [2.45, 2.75) is 40.2 Å². The molecule has 0 rings (SSSR count). The molecule has 0 atom stereocenters. The molecule has 0 heterocycles. The van der Waals surface area contributed by atoms with E-state index in [1.54, 1.807) is 20.8 Å². The van der Waals surface area contributed by atoms with Crippen molar-refractivity contribution in [1.82, 2.24) is 0 Å². The number of amides is 1. The lowest BCUT2D eigenvalue weighted by atomic mass is 10.2. The number of primary amides is 1. The molecule has 4 nitrogen and oxygen atoms in total. The Labute approximate surface area is 73.1 Å². The number of ether oxygens (including phenoxy) is 1. The number of nitrogens with two attached hydrogens (primary N) is 1. The van der Waals surface area contributed by atoms with E-state index in [9.17, 15) is 9.59 Å². The van der Waals surface area contributed by atoms with E-state index in [2.05, 4.69) is 4.74 Å². The first-order valence-corrected chi connectivity index (χ1v) is 3.61. The predicted molar refractivity (Wildman–Crippen MR) is 46.8 cm³/mol. The molecular weight excluding hydrogens is 158 g/mol. The van der Waals surface area contributed by atoms with Gasteiger partial charge in [-0.25, -0.2) is 4.79 Å². The van der Waals surface area contributed by atoms with Gasteiger partial charge in [-0.2, -0.15) is 0 Å². The van der Waals surface area contributed by atoms with Crippen molar-refractivity contribution in [2.75, 3.05) is 0 Å². The first-order chi connectivity index (χ1) is 5.15. The lowest BCUT2D eigenvalue weighted by molar-refractivity contribution is -0.115. The topological polar surface area (TPSA) is 69.4 Å². The minimum absolute atomic E-state index is 0.167. The molecule has 0 radical (unpaired) electrons. The first-order valence-electron chi connectivity index (χ1n) is 3.61. The van der Waals surface area contributed by atoms with E-state index in [4.69, 9.17) is 5.73 Å². The van der Waals surface area contributed by atoms with Crippen LogP contribution in [0.1, 0.15) is 34.6 Å². The van der Waals surface area contributed by atoms with Gasteiger partial charge >= 0.3 is 6.09 Å². The van der Waals surface area contributed by atoms with E-state index in [0.717, 1.165) is 0 Å². The van der Waals surface area contributed by atoms with Crippen LogP contribution in [0.3, 0.4) is 0 Å². The van der Waals surface area contributed by atoms with Gasteiger partial charge in [0.25, 0.3) is 0 Å². The monoisotopic (exact) mass is 175 g/mol. The van der Waals surface area contributed by atoms with Crippen LogP contribution in [0.2, 0.25) is 0 Å². The lowest BCUT2D eigenvalue weighted by Gasteiger charge is -2.16. The van der Waals surface area contributed by atoms with Crippen molar-refractivity contribution in [3.05, 3.63) is 0 Å². The molecule has 0 aromatic heterocycles. The standard InChI is InChI=1S/C5H11NO2.C3H6O/c1-5(2,3)8-4(6)7;1-3(2)4/h1-3H3,(H2,6,7);1-2H3. The first kappa shape index (κ1) is 13.5. The molecule has 4 heteroatoms. The fourth-order valence-electron chi connectivity index (χ4n) is 0.302. The molecule has 0 aliphatic heterocycles. The number of carbonyl (C=O) groups is 2. The fraction of sp³-hybridized carbons (Fsp3) is 0.750. The van der Waals surface area contributed by atoms with Gasteiger partial charge in [0.15, 0.2) is 0 Å². The van der Waals surface area contributed by atoms with Gasteiger partial charge in [0.05, 0.1) is 0 Å². The minimum Gasteiger partial charge on any atom is -0.444 e. The summed E-state index contributed by atoms with van der Waals surface area (Å²) >= 11 is 0. The predicted octanol–water partition coefficient (Wildman–Crippen LogP) is 1.48. The largest absolute Gasteiger partial charge is 0.444 e. The van der Waals surface area contributed by atoms with Gasteiger partial charge in [-0.15, -0.1) is 0 Å². The van der Waals surface area contributed by atoms with E-state index in [0.29, 0.717) is 0 Å². The van der Waals surface area contributed by atoms with Crippen LogP contribution in [-0.4, -0.2) is 17.5 Å². The number of hydrogen-bond acceptors (Lipinski definition) is 3. The Balaban J connectivity index is 0. The van der Waals surface area contributed by atoms with Crippen LogP contribution in [0, 0.1) is 0 Å². The maximum Gasteiger partial charge on any atom is 0.405 e. The molecule has 0 bridgehead atoms. The van der Waals surface area contributed by atoms with Gasteiger partial charge in [0.2, 0.25) is 0 Å². The quantitative estimate of drug-likeness (QED) is 0.606. The van der Waals surface area contributed by atoms with E-state index < -0.39 is 11.7 Å². The zero-order valence-corrected chi connectivity index (χ0v) is 8.30. The minimum atomic E-state index is -0.725. The van der Waals surface area contributed by atoms with Crippen LogP contribution >= 0.6 is 0 Å². The Morgan fingerprint density at radius 2 is 1.42 bits per heavy atom. The number of hydrogen-bond donors (Lipinski definition) is 1. The molecule has 0 fully saturated rings. The van der Waals surface area contributed by atoms with Gasteiger partial charge in [-0.3, -0.25) is 0 Å². The second-order valence-corrected chi connectivity index (χ2v) is 3.44. The summed E-state index contributed by atoms with van der Waals surface area (Å²) in [4.78, 5) is 19.5. The van der Waals surface area contributed by atoms with Crippen molar-refractivity contribution in [2.24, 2.45) is 5.73 Å². The molecule has 0 saturated heterocycles. The molecule has 0 aliphatic carbocycles. The van der Waals surface area contributed by atoms with Gasteiger partial charge in [0.1, 0.15) is 11.4 Å². The van der Waals surface area contributed by atoms with Crippen LogP contribution < -0.4 is 5.73 Å². The Morgan fingerprint density at radius 3 is 1.42 bits per heavy atom. The molecule has 0 spiro atoms. The smallest absolute Gasteiger partial charge is 0.405 e. The Bertz CT molecular complexity index is 154. The van der Waals surface area contributed by atoms with Gasteiger partial charge in [-0.05, 0) is 34.6 Å². The summed E-state index contributed by atoms with van der Waals surface area (Å²) in [6.07, 6.45) is -0.725. The van der Waals surface area contributed by atoms with E-state index in [1.165, 1.54) is 13.8 Å². The number of ketones is 1. The maximum atomic E-state index is 10.0. The second-order valence-electron chi connectivity index (χ2n) is 3.44. The van der Waals surface area contributed by atoms with Crippen molar-refractivity contribution in [3.63, 3.8) is 0 Å². The molecule has 12 heavy (non-hydrogen) atoms. The number of Topliss-reactive ketones (excluding diaryl/α,β-unsaturated/α-hetero) is 1. The molecule has 72 valence electrons. The summed E-state index contributed by atoms with van der Waals surface area (Å²) in [6, 6.07) is 0. The zero-order valence-electron chi connectivity index (χ0n) is 8.30. The van der Waals surface area contributed by atoms with Gasteiger partial charge in [0, 0.05) is 0 Å². The SMILES string of the molecule is CC(C)(C)OC(N)=O.CC(C)=O. The summed E-state index contributed by atoms with van der Waals surface area (Å²) in [5, 5.41) is 0. The van der Waals surface area contributed by atoms with E-state index in [1.807, 2.05) is 0 Å². The van der Waals surface area contributed by atoms with Crippen LogP contribution in [-0.2, 0) is 9.53 Å². The highest BCUT2D eigenvalue weighted by Gasteiger charge is 2.12. The highest BCUT2D eigenvalue weighted by molar-refractivity contribution is 5.72. The Morgan fingerprint density at radius 1 is 1.17 bits per heavy atom. The summed E-state index contributed by atoms with van der Waals surface area (Å²) in [6.45, 7) is 8.34. The van der Waals surface area contributed by atoms with Gasteiger partial charge < -0.3 is 15.3 Å². The summed E-state index contributed by atoms with van der Waals surface area (Å²) in [5.74, 6) is 0.167. The summed E-state index contributed by atoms with van der Waals surface area (Å²) < 4.78 is 4.58. The highest BCUT2D eigenvalue weighted by atomic mass is 16.6. The highest BCUT2D eigenvalue weighted by Crippen LogP contribution is 2.04. The normalized spacial score (nSPS) is 9.42. The molecule has 0 aromatic carbocycles. The molecule has 0 aromatic rings. The third-order valence-corrected chi connectivity index (χ3v) is 0.407. The zero-order chi connectivity index (χ0) is 10.4. The molecule has 1 amide bonds. The van der Waals surface area contributed by atoms with Gasteiger partial charge in [-0.1, -0.05) is 0 Å². The molecule has 0 unspecified atom stereocenters. The third-order valence-electron chi connectivity index (χ3n) is 0.407. The van der Waals surface area contributed by atoms with E-state index >= 15 is 0 Å². The number of carbonyl (C=O) groups excluding carboxylic acids is 2. The fourth-order valence-corrected chi connectivity index (χ4v) is 0.302.